The number of esters is 3. The Labute approximate surface area is 215 Å². The van der Waals surface area contributed by atoms with Gasteiger partial charge in [0.2, 0.25) is 0 Å². The molecule has 1 N–H and O–H groups in total. The molecule has 36 heavy (non-hydrogen) atoms. The molecule has 0 saturated heterocycles. The minimum atomic E-state index is -0.639. The lowest BCUT2D eigenvalue weighted by Gasteiger charge is -2.25. The van der Waals surface area contributed by atoms with Crippen molar-refractivity contribution >= 4 is 17.9 Å². The lowest BCUT2D eigenvalue weighted by molar-refractivity contribution is -0.156. The molecule has 202 valence electrons. The van der Waals surface area contributed by atoms with Crippen molar-refractivity contribution in [3.8, 4) is 0 Å². The predicted molar refractivity (Wildman–Crippen MR) is 137 cm³/mol. The fourth-order valence-corrected chi connectivity index (χ4v) is 2.71. The fraction of sp³-hybridized carbons (Fsp3) is 0.577. The molecule has 1 aliphatic heterocycles. The SMILES string of the molecule is CC(C)(C)OC(=O)CN1/C=C\N/C=C\N(CC(=O)OC(C)(C)C)/C=C\N(CC(=O)OC(C)(C)C)/C=C\1. The molecule has 0 spiro atoms. The van der Waals surface area contributed by atoms with E-state index in [0.717, 1.165) is 0 Å². The second-order valence-corrected chi connectivity index (χ2v) is 11.2. The molecule has 0 aromatic heterocycles. The third kappa shape index (κ3) is 15.5. The molecular weight excluding hydrogens is 464 g/mol. The topological polar surface area (TPSA) is 101 Å². The summed E-state index contributed by atoms with van der Waals surface area (Å²) in [4.78, 5) is 42.0. The molecule has 0 radical (unpaired) electrons. The highest BCUT2D eigenvalue weighted by Gasteiger charge is 2.20. The number of carbonyl (C=O) groups is 3. The first-order valence-electron chi connectivity index (χ1n) is 11.8. The maximum absolute atomic E-state index is 12.5. The van der Waals surface area contributed by atoms with Crippen molar-refractivity contribution in [1.29, 1.82) is 0 Å². The van der Waals surface area contributed by atoms with Gasteiger partial charge in [0.05, 0.1) is 0 Å². The fourth-order valence-electron chi connectivity index (χ4n) is 2.71. The van der Waals surface area contributed by atoms with Crippen LogP contribution < -0.4 is 5.32 Å². The summed E-state index contributed by atoms with van der Waals surface area (Å²) in [7, 11) is 0. The van der Waals surface area contributed by atoms with Crippen LogP contribution in [0.2, 0.25) is 0 Å². The zero-order valence-corrected chi connectivity index (χ0v) is 23.0. The first kappa shape index (κ1) is 30.6. The van der Waals surface area contributed by atoms with Gasteiger partial charge in [-0.3, -0.25) is 14.4 Å². The number of hydrogen-bond donors (Lipinski definition) is 1. The van der Waals surface area contributed by atoms with Crippen molar-refractivity contribution in [3.63, 3.8) is 0 Å². The number of carbonyl (C=O) groups excluding carboxylic acids is 3. The molecule has 0 aromatic rings. The summed E-state index contributed by atoms with van der Waals surface area (Å²) in [6, 6.07) is 0. The number of nitrogens with one attached hydrogen (secondary N) is 1. The Kier molecular flexibility index (Phi) is 11.1. The normalized spacial score (nSPS) is 18.6. The Morgan fingerprint density at radius 2 is 0.778 bits per heavy atom. The van der Waals surface area contributed by atoms with Gasteiger partial charge in [-0.05, 0) is 62.3 Å². The van der Waals surface area contributed by atoms with Crippen LogP contribution in [-0.4, -0.2) is 69.0 Å². The van der Waals surface area contributed by atoms with Crippen molar-refractivity contribution in [2.45, 2.75) is 79.1 Å². The largest absolute Gasteiger partial charge is 0.459 e. The smallest absolute Gasteiger partial charge is 0.326 e. The van der Waals surface area contributed by atoms with Gasteiger partial charge in [-0.2, -0.15) is 0 Å². The summed E-state index contributed by atoms with van der Waals surface area (Å²) in [5.41, 5.74) is -1.86. The third-order valence-electron chi connectivity index (χ3n) is 3.82. The quantitative estimate of drug-likeness (QED) is 0.426. The van der Waals surface area contributed by atoms with E-state index in [1.54, 1.807) is 127 Å². The molecule has 0 fully saturated rings. The lowest BCUT2D eigenvalue weighted by atomic mass is 10.2. The lowest BCUT2D eigenvalue weighted by Crippen LogP contribution is -2.33. The highest BCUT2D eigenvalue weighted by Crippen LogP contribution is 2.11. The first-order chi connectivity index (χ1) is 16.4. The number of ether oxygens (including phenoxy) is 3. The Morgan fingerprint density at radius 3 is 1.03 bits per heavy atom. The maximum Gasteiger partial charge on any atom is 0.326 e. The first-order valence-corrected chi connectivity index (χ1v) is 11.8. The van der Waals surface area contributed by atoms with E-state index in [-0.39, 0.29) is 19.6 Å². The standard InChI is InChI=1S/C26H42N4O6/c1-24(2,3)34-21(31)18-28-12-10-27-11-13-29(19-22(32)35-25(4,5)6)15-17-30(16-14-28)20-23(33)36-26(7,8)9/h10-17,27H,18-20H2,1-9H3/b12-10-,13-11-,16-14-,17-15-. The van der Waals surface area contributed by atoms with E-state index in [1.807, 2.05) is 0 Å². The van der Waals surface area contributed by atoms with Gasteiger partial charge in [0, 0.05) is 49.6 Å². The van der Waals surface area contributed by atoms with Crippen LogP contribution in [0, 0.1) is 0 Å². The van der Waals surface area contributed by atoms with E-state index in [0.29, 0.717) is 0 Å². The van der Waals surface area contributed by atoms with E-state index in [4.69, 9.17) is 14.2 Å². The van der Waals surface area contributed by atoms with Crippen molar-refractivity contribution in [1.82, 2.24) is 20.0 Å². The van der Waals surface area contributed by atoms with Crippen molar-refractivity contribution < 1.29 is 28.6 Å². The van der Waals surface area contributed by atoms with Crippen LogP contribution in [0.15, 0.2) is 49.6 Å². The average Bonchev–Trinajstić information content (AvgIpc) is 2.63. The summed E-state index contributed by atoms with van der Waals surface area (Å²) >= 11 is 0. The second kappa shape index (κ2) is 13.0. The Morgan fingerprint density at radius 1 is 0.528 bits per heavy atom. The van der Waals surface area contributed by atoms with Crippen LogP contribution in [-0.2, 0) is 28.6 Å². The van der Waals surface area contributed by atoms with Gasteiger partial charge in [-0.15, -0.1) is 0 Å². The minimum Gasteiger partial charge on any atom is -0.459 e. The molecule has 1 aliphatic rings. The molecule has 0 unspecified atom stereocenters. The van der Waals surface area contributed by atoms with Crippen molar-refractivity contribution in [2.75, 3.05) is 19.6 Å². The third-order valence-corrected chi connectivity index (χ3v) is 3.82. The zero-order chi connectivity index (χ0) is 27.6. The Hall–Kier alpha value is -3.43. The summed E-state index contributed by atoms with van der Waals surface area (Å²) in [5, 5.41) is 2.97. The Balaban J connectivity index is 3.14. The molecule has 10 nitrogen and oxygen atoms in total. The summed E-state index contributed by atoms with van der Waals surface area (Å²) in [5.74, 6) is -1.25. The van der Waals surface area contributed by atoms with Crippen LogP contribution in [0.3, 0.4) is 0 Å². The van der Waals surface area contributed by atoms with E-state index >= 15 is 0 Å². The molecule has 0 atom stereocenters. The van der Waals surface area contributed by atoms with Gasteiger partial charge >= 0.3 is 17.9 Å². The molecule has 0 aromatic carbocycles. The molecule has 10 heteroatoms. The minimum absolute atomic E-state index is 0.0373. The van der Waals surface area contributed by atoms with Gasteiger partial charge in [-0.1, -0.05) is 0 Å². The van der Waals surface area contributed by atoms with Crippen LogP contribution >= 0.6 is 0 Å². The average molecular weight is 507 g/mol. The van der Waals surface area contributed by atoms with Crippen molar-refractivity contribution in [2.24, 2.45) is 0 Å². The van der Waals surface area contributed by atoms with Gasteiger partial charge in [0.1, 0.15) is 36.4 Å². The van der Waals surface area contributed by atoms with E-state index < -0.39 is 34.7 Å². The molecule has 1 rings (SSSR count). The van der Waals surface area contributed by atoms with Crippen LogP contribution in [0.5, 0.6) is 0 Å². The van der Waals surface area contributed by atoms with Crippen molar-refractivity contribution in [3.05, 3.63) is 49.6 Å². The van der Waals surface area contributed by atoms with E-state index in [1.165, 1.54) is 0 Å². The van der Waals surface area contributed by atoms with E-state index in [9.17, 15) is 14.4 Å². The highest BCUT2D eigenvalue weighted by atomic mass is 16.6. The van der Waals surface area contributed by atoms with Gasteiger partial charge in [0.15, 0.2) is 0 Å². The van der Waals surface area contributed by atoms with Gasteiger partial charge < -0.3 is 34.2 Å². The van der Waals surface area contributed by atoms with Gasteiger partial charge in [0.25, 0.3) is 0 Å². The number of nitrogens with zero attached hydrogens (tertiary/aromatic N) is 3. The number of hydrogen-bond acceptors (Lipinski definition) is 10. The maximum atomic E-state index is 12.5. The van der Waals surface area contributed by atoms with Crippen LogP contribution in [0.4, 0.5) is 0 Å². The monoisotopic (exact) mass is 506 g/mol. The van der Waals surface area contributed by atoms with Crippen LogP contribution in [0.1, 0.15) is 62.3 Å². The molecule has 1 heterocycles. The molecule has 0 bridgehead atoms. The molecule has 0 aliphatic carbocycles. The molecule has 0 saturated carbocycles. The molecular formula is C26H42N4O6. The van der Waals surface area contributed by atoms with Crippen LogP contribution in [0.25, 0.3) is 0 Å². The Bertz CT molecular complexity index is 816. The molecule has 0 amide bonds. The summed E-state index contributed by atoms with van der Waals surface area (Å²) < 4.78 is 16.3. The number of rotatable bonds is 6. The second-order valence-electron chi connectivity index (χ2n) is 11.2. The summed E-state index contributed by atoms with van der Waals surface area (Å²) in [6.07, 6.45) is 13.1. The predicted octanol–water partition coefficient (Wildman–Crippen LogP) is 3.41. The zero-order valence-electron chi connectivity index (χ0n) is 23.0. The van der Waals surface area contributed by atoms with E-state index in [2.05, 4.69) is 5.32 Å². The van der Waals surface area contributed by atoms with Gasteiger partial charge in [-0.25, -0.2) is 0 Å². The summed E-state index contributed by atoms with van der Waals surface area (Å²) in [6.45, 7) is 16.0. The highest BCUT2D eigenvalue weighted by molar-refractivity contribution is 5.73.